The highest BCUT2D eigenvalue weighted by Crippen LogP contribution is 2.21. The summed E-state index contributed by atoms with van der Waals surface area (Å²) in [6.07, 6.45) is 1.67. The second kappa shape index (κ2) is 3.87. The van der Waals surface area contributed by atoms with Crippen molar-refractivity contribution in [2.45, 2.75) is 6.92 Å². The van der Waals surface area contributed by atoms with Crippen LogP contribution >= 0.6 is 11.6 Å². The third-order valence-corrected chi connectivity index (χ3v) is 2.62. The van der Waals surface area contributed by atoms with Crippen LogP contribution in [-0.4, -0.2) is 9.78 Å². The molecule has 0 atom stereocenters. The van der Waals surface area contributed by atoms with Crippen LogP contribution in [0.15, 0.2) is 24.4 Å². The van der Waals surface area contributed by atoms with E-state index in [9.17, 15) is 0 Å². The fourth-order valence-electron chi connectivity index (χ4n) is 1.37. The van der Waals surface area contributed by atoms with Crippen LogP contribution < -0.4 is 5.73 Å². The molecule has 2 N–H and O–H groups in total. The SMILES string of the molecule is Cc1nn(-c2cc(C#N)ccc2N)cc1Cl. The van der Waals surface area contributed by atoms with Crippen molar-refractivity contribution in [2.75, 3.05) is 5.73 Å². The summed E-state index contributed by atoms with van der Waals surface area (Å²) in [6.45, 7) is 1.81. The van der Waals surface area contributed by atoms with Gasteiger partial charge >= 0.3 is 0 Å². The van der Waals surface area contributed by atoms with E-state index in [-0.39, 0.29) is 0 Å². The number of nitrogens with zero attached hydrogens (tertiary/aromatic N) is 3. The zero-order valence-corrected chi connectivity index (χ0v) is 9.36. The van der Waals surface area contributed by atoms with Crippen LogP contribution in [0.25, 0.3) is 5.69 Å². The van der Waals surface area contributed by atoms with Gasteiger partial charge in [0.25, 0.3) is 0 Å². The van der Waals surface area contributed by atoms with E-state index in [1.54, 1.807) is 29.1 Å². The molecule has 0 aliphatic heterocycles. The number of hydrogen-bond donors (Lipinski definition) is 1. The Morgan fingerprint density at radius 1 is 1.50 bits per heavy atom. The highest BCUT2D eigenvalue weighted by molar-refractivity contribution is 6.31. The van der Waals surface area contributed by atoms with Crippen molar-refractivity contribution in [3.63, 3.8) is 0 Å². The molecule has 1 aromatic heterocycles. The van der Waals surface area contributed by atoms with E-state index in [1.165, 1.54) is 0 Å². The van der Waals surface area contributed by atoms with Crippen LogP contribution in [0.4, 0.5) is 5.69 Å². The highest BCUT2D eigenvalue weighted by atomic mass is 35.5. The van der Waals surface area contributed by atoms with Crippen molar-refractivity contribution < 1.29 is 0 Å². The molecule has 2 rings (SSSR count). The Balaban J connectivity index is 2.59. The maximum Gasteiger partial charge on any atom is 0.0992 e. The van der Waals surface area contributed by atoms with Crippen molar-refractivity contribution in [1.29, 1.82) is 5.26 Å². The molecule has 0 unspecified atom stereocenters. The number of aromatic nitrogens is 2. The molecule has 2 aromatic rings. The van der Waals surface area contributed by atoms with Gasteiger partial charge in [-0.1, -0.05) is 11.6 Å². The zero-order valence-electron chi connectivity index (χ0n) is 8.61. The van der Waals surface area contributed by atoms with Gasteiger partial charge in [0.2, 0.25) is 0 Å². The van der Waals surface area contributed by atoms with Crippen LogP contribution in [0.5, 0.6) is 0 Å². The molecule has 0 aliphatic rings. The molecule has 80 valence electrons. The number of rotatable bonds is 1. The molecule has 0 fully saturated rings. The number of aryl methyl sites for hydroxylation is 1. The zero-order chi connectivity index (χ0) is 11.7. The highest BCUT2D eigenvalue weighted by Gasteiger charge is 2.07. The van der Waals surface area contributed by atoms with Crippen LogP contribution in [0.3, 0.4) is 0 Å². The Morgan fingerprint density at radius 3 is 2.81 bits per heavy atom. The lowest BCUT2D eigenvalue weighted by Crippen LogP contribution is -2.01. The number of hydrogen-bond acceptors (Lipinski definition) is 3. The van der Waals surface area contributed by atoms with Crippen molar-refractivity contribution in [1.82, 2.24) is 9.78 Å². The number of nitrogen functional groups attached to an aromatic ring is 1. The Hall–Kier alpha value is -1.99. The first kappa shape index (κ1) is 10.5. The predicted molar refractivity (Wildman–Crippen MR) is 62.4 cm³/mol. The van der Waals surface area contributed by atoms with E-state index in [2.05, 4.69) is 11.2 Å². The van der Waals surface area contributed by atoms with Crippen LogP contribution in [0.2, 0.25) is 5.02 Å². The summed E-state index contributed by atoms with van der Waals surface area (Å²) < 4.78 is 1.58. The molecule has 0 aliphatic carbocycles. The minimum atomic E-state index is 0.536. The van der Waals surface area contributed by atoms with Crippen LogP contribution in [-0.2, 0) is 0 Å². The van der Waals surface area contributed by atoms with Gasteiger partial charge in [0.1, 0.15) is 0 Å². The number of nitriles is 1. The third-order valence-electron chi connectivity index (χ3n) is 2.25. The van der Waals surface area contributed by atoms with E-state index in [4.69, 9.17) is 22.6 Å². The average molecular weight is 233 g/mol. The van der Waals surface area contributed by atoms with Crippen molar-refractivity contribution in [3.05, 3.63) is 40.7 Å². The molecule has 0 saturated carbocycles. The lowest BCUT2D eigenvalue weighted by molar-refractivity contribution is 0.864. The minimum absolute atomic E-state index is 0.536. The molecule has 1 heterocycles. The Bertz CT molecular complexity index is 561. The van der Waals surface area contributed by atoms with Crippen molar-refractivity contribution in [2.24, 2.45) is 0 Å². The average Bonchev–Trinajstić information content (AvgIpc) is 2.60. The largest absolute Gasteiger partial charge is 0.397 e. The second-order valence-corrected chi connectivity index (χ2v) is 3.80. The van der Waals surface area contributed by atoms with E-state index in [0.717, 1.165) is 5.69 Å². The van der Waals surface area contributed by atoms with Gasteiger partial charge in [0.15, 0.2) is 0 Å². The molecule has 5 heteroatoms. The molecular formula is C11H9ClN4. The van der Waals surface area contributed by atoms with E-state index in [0.29, 0.717) is 22.0 Å². The van der Waals surface area contributed by atoms with Gasteiger partial charge in [-0.15, -0.1) is 0 Å². The topological polar surface area (TPSA) is 67.6 Å². The van der Waals surface area contributed by atoms with E-state index < -0.39 is 0 Å². The first-order chi connectivity index (χ1) is 7.61. The predicted octanol–water partition coefficient (Wildman–Crippen LogP) is 2.29. The monoisotopic (exact) mass is 232 g/mol. The van der Waals surface area contributed by atoms with Crippen LogP contribution in [0, 0.1) is 18.3 Å². The van der Waals surface area contributed by atoms with Gasteiger partial charge in [0.05, 0.1) is 33.7 Å². The normalized spacial score (nSPS) is 10.1. The molecule has 0 amide bonds. The molecule has 0 radical (unpaired) electrons. The number of nitrogens with two attached hydrogens (primary N) is 1. The third kappa shape index (κ3) is 1.73. The number of anilines is 1. The fourth-order valence-corrected chi connectivity index (χ4v) is 1.50. The van der Waals surface area contributed by atoms with E-state index in [1.807, 2.05) is 6.92 Å². The molecule has 1 aromatic carbocycles. The van der Waals surface area contributed by atoms with Crippen molar-refractivity contribution in [3.8, 4) is 11.8 Å². The first-order valence-electron chi connectivity index (χ1n) is 4.63. The van der Waals surface area contributed by atoms with Gasteiger partial charge in [-0.05, 0) is 25.1 Å². The van der Waals surface area contributed by atoms with Gasteiger partial charge in [-0.2, -0.15) is 10.4 Å². The van der Waals surface area contributed by atoms with Gasteiger partial charge in [-0.3, -0.25) is 0 Å². The first-order valence-corrected chi connectivity index (χ1v) is 5.01. The molecular weight excluding hydrogens is 224 g/mol. The standard InChI is InChI=1S/C11H9ClN4/c1-7-9(12)6-16(15-7)11-4-8(5-13)2-3-10(11)14/h2-4,6H,14H2,1H3. The molecule has 0 bridgehead atoms. The van der Waals surface area contributed by atoms with Crippen molar-refractivity contribution >= 4 is 17.3 Å². The second-order valence-electron chi connectivity index (χ2n) is 3.39. The Labute approximate surface area is 97.9 Å². The van der Waals surface area contributed by atoms with Crippen LogP contribution in [0.1, 0.15) is 11.3 Å². The minimum Gasteiger partial charge on any atom is -0.397 e. The lowest BCUT2D eigenvalue weighted by atomic mass is 10.2. The Kier molecular flexibility index (Phi) is 2.55. The lowest BCUT2D eigenvalue weighted by Gasteiger charge is -2.05. The maximum absolute atomic E-state index is 8.81. The summed E-state index contributed by atoms with van der Waals surface area (Å²) >= 11 is 5.92. The van der Waals surface area contributed by atoms with Gasteiger partial charge < -0.3 is 5.73 Å². The molecule has 0 saturated heterocycles. The summed E-state index contributed by atoms with van der Waals surface area (Å²) in [4.78, 5) is 0. The molecule has 0 spiro atoms. The molecule has 4 nitrogen and oxygen atoms in total. The number of benzene rings is 1. The smallest absolute Gasteiger partial charge is 0.0992 e. The summed E-state index contributed by atoms with van der Waals surface area (Å²) in [5, 5.41) is 13.6. The van der Waals surface area contributed by atoms with E-state index >= 15 is 0 Å². The number of halogens is 1. The summed E-state index contributed by atoms with van der Waals surface area (Å²) in [6, 6.07) is 7.08. The maximum atomic E-state index is 8.81. The summed E-state index contributed by atoms with van der Waals surface area (Å²) in [5.74, 6) is 0. The summed E-state index contributed by atoms with van der Waals surface area (Å²) in [7, 11) is 0. The van der Waals surface area contributed by atoms with Gasteiger partial charge in [0, 0.05) is 6.20 Å². The molecule has 16 heavy (non-hydrogen) atoms. The quantitative estimate of drug-likeness (QED) is 0.767. The Morgan fingerprint density at radius 2 is 2.25 bits per heavy atom. The van der Waals surface area contributed by atoms with Gasteiger partial charge in [-0.25, -0.2) is 4.68 Å². The summed E-state index contributed by atoms with van der Waals surface area (Å²) in [5.41, 5.74) is 8.30. The fraction of sp³-hybridized carbons (Fsp3) is 0.0909.